The van der Waals surface area contributed by atoms with Gasteiger partial charge in [0.05, 0.1) is 11.7 Å². The first kappa shape index (κ1) is 18.5. The van der Waals surface area contributed by atoms with Gasteiger partial charge in [0.2, 0.25) is 5.91 Å². The Bertz CT molecular complexity index is 892. The zero-order valence-electron chi connectivity index (χ0n) is 15.4. The summed E-state index contributed by atoms with van der Waals surface area (Å²) in [5, 5.41) is 3.46. The minimum Gasteiger partial charge on any atom is -0.491 e. The second-order valence-corrected chi connectivity index (χ2v) is 7.69. The zero-order valence-corrected chi connectivity index (χ0v) is 16.2. The SMILES string of the molecule is CCSc1nc(=O)c2c(n1C)NC(=O)CC2c1ccccc1OC(C)C. The number of carbonyl (C=O) groups is 1. The van der Waals surface area contributed by atoms with E-state index in [4.69, 9.17) is 4.74 Å². The van der Waals surface area contributed by atoms with Gasteiger partial charge in [0, 0.05) is 24.9 Å². The predicted octanol–water partition coefficient (Wildman–Crippen LogP) is 3.15. The summed E-state index contributed by atoms with van der Waals surface area (Å²) in [6.07, 6.45) is 0.195. The molecule has 0 fully saturated rings. The molecule has 0 bridgehead atoms. The summed E-state index contributed by atoms with van der Waals surface area (Å²) in [5.41, 5.74) is 1.07. The number of fused-ring (bicyclic) bond motifs is 1. The molecule has 1 aromatic heterocycles. The Morgan fingerprint density at radius 1 is 1.35 bits per heavy atom. The van der Waals surface area contributed by atoms with Crippen LogP contribution in [0.15, 0.2) is 34.2 Å². The van der Waals surface area contributed by atoms with E-state index < -0.39 is 0 Å². The molecule has 2 aromatic rings. The molecule has 1 unspecified atom stereocenters. The lowest BCUT2D eigenvalue weighted by molar-refractivity contribution is -0.116. The lowest BCUT2D eigenvalue weighted by Crippen LogP contribution is -2.33. The number of para-hydroxylation sites is 1. The van der Waals surface area contributed by atoms with Crippen molar-refractivity contribution in [3.8, 4) is 5.75 Å². The van der Waals surface area contributed by atoms with Crippen LogP contribution in [0.2, 0.25) is 0 Å². The second kappa shape index (κ2) is 7.53. The number of nitrogens with zero attached hydrogens (tertiary/aromatic N) is 2. The molecule has 0 saturated heterocycles. The molecule has 6 nitrogen and oxygen atoms in total. The number of benzene rings is 1. The minimum atomic E-state index is -0.374. The molecule has 0 radical (unpaired) electrons. The maximum Gasteiger partial charge on any atom is 0.279 e. The molecule has 1 atom stereocenters. The van der Waals surface area contributed by atoms with Crippen molar-refractivity contribution in [1.82, 2.24) is 9.55 Å². The Morgan fingerprint density at radius 2 is 2.08 bits per heavy atom. The number of hydrogen-bond acceptors (Lipinski definition) is 5. The average Bonchev–Trinajstić information content (AvgIpc) is 2.59. The van der Waals surface area contributed by atoms with Crippen molar-refractivity contribution in [3.63, 3.8) is 0 Å². The predicted molar refractivity (Wildman–Crippen MR) is 103 cm³/mol. The summed E-state index contributed by atoms with van der Waals surface area (Å²) in [5.74, 6) is 1.53. The minimum absolute atomic E-state index is 0.00248. The van der Waals surface area contributed by atoms with Crippen LogP contribution in [0.25, 0.3) is 0 Å². The molecule has 1 amide bonds. The highest BCUT2D eigenvalue weighted by Crippen LogP contribution is 2.39. The van der Waals surface area contributed by atoms with E-state index in [1.165, 1.54) is 11.8 Å². The maximum absolute atomic E-state index is 12.8. The number of nitrogens with one attached hydrogen (secondary N) is 1. The summed E-state index contributed by atoms with van der Waals surface area (Å²) < 4.78 is 7.71. The first-order valence-corrected chi connectivity index (χ1v) is 9.70. The van der Waals surface area contributed by atoms with Crippen molar-refractivity contribution >= 4 is 23.5 Å². The van der Waals surface area contributed by atoms with Crippen LogP contribution in [-0.4, -0.2) is 27.3 Å². The van der Waals surface area contributed by atoms with E-state index in [2.05, 4.69) is 10.3 Å². The van der Waals surface area contributed by atoms with Crippen LogP contribution in [0.4, 0.5) is 5.82 Å². The van der Waals surface area contributed by atoms with Gasteiger partial charge in [-0.15, -0.1) is 0 Å². The standard InChI is InChI=1S/C19H23N3O3S/c1-5-26-19-21-18(24)16-13(10-15(23)20-17(16)22(19)4)12-8-6-7-9-14(12)25-11(2)3/h6-9,11,13H,5,10H2,1-4H3,(H,20,23). The number of amides is 1. The van der Waals surface area contributed by atoms with Crippen molar-refractivity contribution < 1.29 is 9.53 Å². The molecule has 0 spiro atoms. The van der Waals surface area contributed by atoms with E-state index in [1.807, 2.05) is 52.1 Å². The molecule has 0 aliphatic carbocycles. The van der Waals surface area contributed by atoms with Gasteiger partial charge in [-0.25, -0.2) is 0 Å². The van der Waals surface area contributed by atoms with E-state index in [0.717, 1.165) is 11.3 Å². The number of carbonyl (C=O) groups excluding carboxylic acids is 1. The maximum atomic E-state index is 12.8. The van der Waals surface area contributed by atoms with Crippen molar-refractivity contribution in [2.75, 3.05) is 11.1 Å². The molecule has 3 rings (SSSR count). The van der Waals surface area contributed by atoms with Gasteiger partial charge in [-0.1, -0.05) is 36.9 Å². The monoisotopic (exact) mass is 373 g/mol. The first-order valence-electron chi connectivity index (χ1n) is 8.71. The van der Waals surface area contributed by atoms with Crippen LogP contribution in [0.1, 0.15) is 44.2 Å². The smallest absolute Gasteiger partial charge is 0.279 e. The van der Waals surface area contributed by atoms with Crippen molar-refractivity contribution in [2.24, 2.45) is 7.05 Å². The van der Waals surface area contributed by atoms with E-state index in [0.29, 0.717) is 22.3 Å². The van der Waals surface area contributed by atoms with Gasteiger partial charge in [-0.2, -0.15) is 4.98 Å². The van der Waals surface area contributed by atoms with Gasteiger partial charge in [-0.3, -0.25) is 9.59 Å². The molecule has 2 heterocycles. The third kappa shape index (κ3) is 3.49. The van der Waals surface area contributed by atoms with Gasteiger partial charge in [0.1, 0.15) is 11.6 Å². The highest BCUT2D eigenvalue weighted by atomic mass is 32.2. The number of thioether (sulfide) groups is 1. The lowest BCUT2D eigenvalue weighted by Gasteiger charge is -2.28. The highest BCUT2D eigenvalue weighted by molar-refractivity contribution is 7.99. The van der Waals surface area contributed by atoms with E-state index >= 15 is 0 Å². The molecule has 1 aliphatic heterocycles. The van der Waals surface area contributed by atoms with Gasteiger partial charge >= 0.3 is 0 Å². The largest absolute Gasteiger partial charge is 0.491 e. The Morgan fingerprint density at radius 3 is 2.77 bits per heavy atom. The average molecular weight is 373 g/mol. The third-order valence-electron chi connectivity index (χ3n) is 4.23. The fourth-order valence-electron chi connectivity index (χ4n) is 3.19. The zero-order chi connectivity index (χ0) is 18.8. The summed E-state index contributed by atoms with van der Waals surface area (Å²) in [4.78, 5) is 29.4. The molecule has 0 saturated carbocycles. The summed E-state index contributed by atoms with van der Waals surface area (Å²) in [6.45, 7) is 5.90. The van der Waals surface area contributed by atoms with E-state index in [1.54, 1.807) is 4.57 Å². The first-order chi connectivity index (χ1) is 12.4. The van der Waals surface area contributed by atoms with Gasteiger partial charge in [-0.05, 0) is 25.7 Å². The van der Waals surface area contributed by atoms with Crippen LogP contribution in [0.3, 0.4) is 0 Å². The summed E-state index contributed by atoms with van der Waals surface area (Å²) in [7, 11) is 1.82. The number of anilines is 1. The summed E-state index contributed by atoms with van der Waals surface area (Å²) >= 11 is 1.47. The van der Waals surface area contributed by atoms with Crippen molar-refractivity contribution in [1.29, 1.82) is 0 Å². The van der Waals surface area contributed by atoms with Crippen molar-refractivity contribution in [2.45, 2.75) is 44.4 Å². The Kier molecular flexibility index (Phi) is 5.36. The highest BCUT2D eigenvalue weighted by Gasteiger charge is 2.33. The van der Waals surface area contributed by atoms with Crippen LogP contribution >= 0.6 is 11.8 Å². The van der Waals surface area contributed by atoms with Gasteiger partial charge in [0.15, 0.2) is 5.16 Å². The van der Waals surface area contributed by atoms with E-state index in [9.17, 15) is 9.59 Å². The number of ether oxygens (including phenoxy) is 1. The molecule has 1 aromatic carbocycles. The fraction of sp³-hybridized carbons (Fsp3) is 0.421. The Hall–Kier alpha value is -2.28. The lowest BCUT2D eigenvalue weighted by atomic mass is 9.86. The molecule has 138 valence electrons. The second-order valence-electron chi connectivity index (χ2n) is 6.46. The Balaban J connectivity index is 2.18. The van der Waals surface area contributed by atoms with Crippen LogP contribution in [-0.2, 0) is 11.8 Å². The third-order valence-corrected chi connectivity index (χ3v) is 5.14. The number of hydrogen-bond donors (Lipinski definition) is 1. The van der Waals surface area contributed by atoms with Gasteiger partial charge < -0.3 is 14.6 Å². The quantitative estimate of drug-likeness (QED) is 0.644. The summed E-state index contributed by atoms with van der Waals surface area (Å²) in [6, 6.07) is 7.58. The molecule has 26 heavy (non-hydrogen) atoms. The topological polar surface area (TPSA) is 73.2 Å². The Labute approximate surface area is 157 Å². The molecule has 7 heteroatoms. The molecule has 1 aliphatic rings. The van der Waals surface area contributed by atoms with E-state index in [-0.39, 0.29) is 29.9 Å². The number of rotatable bonds is 5. The van der Waals surface area contributed by atoms with Gasteiger partial charge in [0.25, 0.3) is 5.56 Å². The fourth-order valence-corrected chi connectivity index (χ4v) is 3.88. The molecular formula is C19H23N3O3S. The van der Waals surface area contributed by atoms with Crippen LogP contribution in [0.5, 0.6) is 5.75 Å². The molecule has 1 N–H and O–H groups in total. The van der Waals surface area contributed by atoms with Crippen LogP contribution in [0, 0.1) is 0 Å². The normalized spacial score (nSPS) is 16.3. The van der Waals surface area contributed by atoms with Crippen LogP contribution < -0.4 is 15.6 Å². The molecular weight excluding hydrogens is 350 g/mol. The van der Waals surface area contributed by atoms with Crippen molar-refractivity contribution in [3.05, 3.63) is 45.7 Å². The number of aromatic nitrogens is 2.